The van der Waals surface area contributed by atoms with Gasteiger partial charge in [-0.25, -0.2) is 4.79 Å². The quantitative estimate of drug-likeness (QED) is 0.437. The Morgan fingerprint density at radius 3 is 2.32 bits per heavy atom. The zero-order valence-corrected chi connectivity index (χ0v) is 21.3. The van der Waals surface area contributed by atoms with Crippen LogP contribution in [-0.2, 0) is 17.5 Å². The zero-order chi connectivity index (χ0) is 27.4. The van der Waals surface area contributed by atoms with Gasteiger partial charge in [0.05, 0.1) is 29.6 Å². The summed E-state index contributed by atoms with van der Waals surface area (Å²) in [5.74, 6) is -0.573. The molecule has 8 nitrogen and oxygen atoms in total. The molecule has 0 unspecified atom stereocenters. The van der Waals surface area contributed by atoms with E-state index in [1.54, 1.807) is 57.9 Å². The van der Waals surface area contributed by atoms with Gasteiger partial charge in [0.1, 0.15) is 5.60 Å². The van der Waals surface area contributed by atoms with Crippen LogP contribution in [0.3, 0.4) is 0 Å². The van der Waals surface area contributed by atoms with Crippen molar-refractivity contribution in [1.82, 2.24) is 9.78 Å². The first kappa shape index (κ1) is 27.6. The number of aromatic nitrogens is 2. The molecule has 0 aliphatic rings. The third-order valence-corrected chi connectivity index (χ3v) is 5.18. The molecule has 37 heavy (non-hydrogen) atoms. The summed E-state index contributed by atoms with van der Waals surface area (Å²) >= 11 is 0. The van der Waals surface area contributed by atoms with Crippen molar-refractivity contribution in [3.8, 4) is 0 Å². The number of hydrogen-bond acceptors (Lipinski definition) is 5. The van der Waals surface area contributed by atoms with Crippen LogP contribution >= 0.6 is 0 Å². The van der Waals surface area contributed by atoms with Gasteiger partial charge in [-0.05, 0) is 51.1 Å². The first-order valence-corrected chi connectivity index (χ1v) is 11.5. The fourth-order valence-electron chi connectivity index (χ4n) is 3.47. The molecule has 2 aromatic carbocycles. The number of nitrogens with one attached hydrogen (secondary N) is 1. The van der Waals surface area contributed by atoms with Crippen LogP contribution < -0.4 is 15.1 Å². The lowest BCUT2D eigenvalue weighted by atomic mass is 10.1. The van der Waals surface area contributed by atoms with E-state index in [9.17, 15) is 22.8 Å². The van der Waals surface area contributed by atoms with Crippen LogP contribution in [0.1, 0.15) is 36.7 Å². The molecule has 198 valence electrons. The molecule has 1 aromatic heterocycles. The molecule has 0 atom stereocenters. The summed E-state index contributed by atoms with van der Waals surface area (Å²) in [6, 6.07) is 12.0. The molecule has 0 aliphatic heterocycles. The minimum atomic E-state index is -4.52. The number of alkyl halides is 3. The van der Waals surface area contributed by atoms with Crippen LogP contribution in [0.25, 0.3) is 0 Å². The van der Waals surface area contributed by atoms with Crippen LogP contribution in [0.5, 0.6) is 0 Å². The maximum Gasteiger partial charge on any atom is 0.416 e. The van der Waals surface area contributed by atoms with E-state index in [0.29, 0.717) is 17.9 Å². The Hall–Kier alpha value is -4.02. The fourth-order valence-corrected chi connectivity index (χ4v) is 3.47. The molecule has 11 heteroatoms. The summed E-state index contributed by atoms with van der Waals surface area (Å²) in [4.78, 5) is 28.6. The van der Waals surface area contributed by atoms with Gasteiger partial charge in [-0.2, -0.15) is 18.3 Å². The maximum absolute atomic E-state index is 13.1. The molecule has 1 N–H and O–H groups in total. The smallest absolute Gasteiger partial charge is 0.416 e. The number of hydrogen-bond donors (Lipinski definition) is 1. The maximum atomic E-state index is 13.1. The summed E-state index contributed by atoms with van der Waals surface area (Å²) < 4.78 is 46.4. The second-order valence-corrected chi connectivity index (χ2v) is 9.54. The summed E-state index contributed by atoms with van der Waals surface area (Å²) in [5, 5.41) is 6.90. The number of anilines is 3. The van der Waals surface area contributed by atoms with Crippen LogP contribution in [0.15, 0.2) is 60.9 Å². The number of nitrogens with zero attached hydrogens (tertiary/aromatic N) is 4. The number of benzene rings is 2. The highest BCUT2D eigenvalue weighted by Crippen LogP contribution is 2.33. The Morgan fingerprint density at radius 1 is 1.05 bits per heavy atom. The topological polar surface area (TPSA) is 79.7 Å². The van der Waals surface area contributed by atoms with Crippen molar-refractivity contribution in [1.29, 1.82) is 0 Å². The van der Waals surface area contributed by atoms with E-state index in [1.165, 1.54) is 16.0 Å². The predicted octanol–water partition coefficient (Wildman–Crippen LogP) is 5.66. The van der Waals surface area contributed by atoms with Crippen molar-refractivity contribution in [2.24, 2.45) is 0 Å². The summed E-state index contributed by atoms with van der Waals surface area (Å²) in [7, 11) is 3.13. The third kappa shape index (κ3) is 7.48. The Kier molecular flexibility index (Phi) is 8.15. The molecule has 0 saturated carbocycles. The van der Waals surface area contributed by atoms with Gasteiger partial charge in [0, 0.05) is 38.2 Å². The van der Waals surface area contributed by atoms with Crippen LogP contribution in [-0.4, -0.2) is 48.0 Å². The van der Waals surface area contributed by atoms with E-state index < -0.39 is 29.3 Å². The van der Waals surface area contributed by atoms with Gasteiger partial charge in [0.2, 0.25) is 0 Å². The standard InChI is InChI=1S/C26H30F3N5O3/c1-25(2,3)37-24(36)34(20-9-7-6-8-10-20)14-13-33-17-19(16-30-33)31-23(35)21-12-11-18(26(27,28)29)15-22(21)32(4)5/h6-12,15-17H,13-14H2,1-5H3,(H,31,35). The lowest BCUT2D eigenvalue weighted by molar-refractivity contribution is -0.137. The van der Waals surface area contributed by atoms with E-state index in [2.05, 4.69) is 10.4 Å². The summed E-state index contributed by atoms with van der Waals surface area (Å²) in [6.45, 7) is 5.91. The Labute approximate surface area is 213 Å². The van der Waals surface area contributed by atoms with E-state index in [4.69, 9.17) is 4.74 Å². The molecule has 1 heterocycles. The highest BCUT2D eigenvalue weighted by Gasteiger charge is 2.32. The molecule has 0 radical (unpaired) electrons. The van der Waals surface area contributed by atoms with Crippen molar-refractivity contribution in [3.63, 3.8) is 0 Å². The van der Waals surface area contributed by atoms with E-state index in [1.807, 2.05) is 18.2 Å². The number of ether oxygens (including phenoxy) is 1. The van der Waals surface area contributed by atoms with Crippen LogP contribution in [0.2, 0.25) is 0 Å². The molecule has 0 spiro atoms. The van der Waals surface area contributed by atoms with Crippen LogP contribution in [0, 0.1) is 0 Å². The van der Waals surface area contributed by atoms with Gasteiger partial charge < -0.3 is 15.0 Å². The number of amides is 2. The molecule has 0 aliphatic carbocycles. The number of halogens is 3. The highest BCUT2D eigenvalue weighted by atomic mass is 19.4. The number of rotatable bonds is 7. The van der Waals surface area contributed by atoms with Crippen molar-refractivity contribution < 1.29 is 27.5 Å². The zero-order valence-electron chi connectivity index (χ0n) is 21.3. The average Bonchev–Trinajstić information content (AvgIpc) is 3.24. The van der Waals surface area contributed by atoms with Gasteiger partial charge >= 0.3 is 12.3 Å². The lowest BCUT2D eigenvalue weighted by Gasteiger charge is -2.27. The lowest BCUT2D eigenvalue weighted by Crippen LogP contribution is -2.38. The molecular weight excluding hydrogens is 487 g/mol. The number of carbonyl (C=O) groups excluding carboxylic acids is 2. The average molecular weight is 518 g/mol. The normalized spacial score (nSPS) is 11.7. The Morgan fingerprint density at radius 2 is 1.73 bits per heavy atom. The number of carbonyl (C=O) groups is 2. The number of para-hydroxylation sites is 1. The monoisotopic (exact) mass is 517 g/mol. The van der Waals surface area contributed by atoms with Crippen molar-refractivity contribution in [3.05, 3.63) is 72.1 Å². The summed E-state index contributed by atoms with van der Waals surface area (Å²) in [5.41, 5.74) is -0.263. The van der Waals surface area contributed by atoms with Gasteiger partial charge in [0.15, 0.2) is 0 Å². The first-order chi connectivity index (χ1) is 17.2. The molecule has 2 amide bonds. The minimum absolute atomic E-state index is 0.0888. The second-order valence-electron chi connectivity index (χ2n) is 9.54. The van der Waals surface area contributed by atoms with Gasteiger partial charge in [-0.3, -0.25) is 14.4 Å². The SMILES string of the molecule is CN(C)c1cc(C(F)(F)F)ccc1C(=O)Nc1cnn(CCN(C(=O)OC(C)(C)C)c2ccccc2)c1. The van der Waals surface area contributed by atoms with E-state index in [-0.39, 0.29) is 17.8 Å². The molecule has 0 saturated heterocycles. The second kappa shape index (κ2) is 10.9. The third-order valence-electron chi connectivity index (χ3n) is 5.18. The minimum Gasteiger partial charge on any atom is -0.443 e. The van der Waals surface area contributed by atoms with Crippen LogP contribution in [0.4, 0.5) is 35.0 Å². The van der Waals surface area contributed by atoms with Crippen molar-refractivity contribution in [2.45, 2.75) is 39.1 Å². The van der Waals surface area contributed by atoms with Crippen molar-refractivity contribution in [2.75, 3.05) is 35.8 Å². The highest BCUT2D eigenvalue weighted by molar-refractivity contribution is 6.08. The van der Waals surface area contributed by atoms with E-state index in [0.717, 1.165) is 18.2 Å². The molecule has 3 rings (SSSR count). The molecule has 0 fully saturated rings. The molecule has 0 bridgehead atoms. The first-order valence-electron chi connectivity index (χ1n) is 11.5. The Balaban J connectivity index is 1.72. The molecule has 3 aromatic rings. The van der Waals surface area contributed by atoms with Gasteiger partial charge in [-0.1, -0.05) is 18.2 Å². The molecular formula is C26H30F3N5O3. The van der Waals surface area contributed by atoms with Gasteiger partial charge in [0.25, 0.3) is 5.91 Å². The fraction of sp³-hybridized carbons (Fsp3) is 0.346. The van der Waals surface area contributed by atoms with Gasteiger partial charge in [-0.15, -0.1) is 0 Å². The van der Waals surface area contributed by atoms with E-state index >= 15 is 0 Å². The van der Waals surface area contributed by atoms with Crippen molar-refractivity contribution >= 4 is 29.1 Å². The summed E-state index contributed by atoms with van der Waals surface area (Å²) in [6.07, 6.45) is -2.01. The Bertz CT molecular complexity index is 1230. The largest absolute Gasteiger partial charge is 0.443 e. The predicted molar refractivity (Wildman–Crippen MR) is 136 cm³/mol.